The van der Waals surface area contributed by atoms with Crippen molar-refractivity contribution in [2.45, 2.75) is 13.8 Å². The molecule has 0 unspecified atom stereocenters. The van der Waals surface area contributed by atoms with Crippen LogP contribution in [0.5, 0.6) is 0 Å². The summed E-state index contributed by atoms with van der Waals surface area (Å²) in [5.41, 5.74) is 5.14. The molecule has 0 amide bonds. The van der Waals surface area contributed by atoms with Crippen LogP contribution >= 0.6 is 0 Å². The van der Waals surface area contributed by atoms with Crippen LogP contribution in [0, 0.1) is 25.2 Å². The number of hydrogen-bond donors (Lipinski definition) is 3. The Hall–Kier alpha value is -4.25. The van der Waals surface area contributed by atoms with Crippen molar-refractivity contribution in [2.75, 3.05) is 5.43 Å². The van der Waals surface area contributed by atoms with Crippen molar-refractivity contribution in [1.29, 1.82) is 5.26 Å². The molecular weight excluding hydrogens is 370 g/mol. The minimum atomic E-state index is -1.02. The zero-order valence-corrected chi connectivity index (χ0v) is 15.7. The molecule has 0 aliphatic carbocycles. The number of hydrogen-bond acceptors (Lipinski definition) is 6. The normalized spacial score (nSPS) is 10.7. The number of anilines is 1. The maximum Gasteiger partial charge on any atom is 0.335 e. The first-order valence-corrected chi connectivity index (χ1v) is 8.64. The highest BCUT2D eigenvalue weighted by Crippen LogP contribution is 2.19. The topological polar surface area (TPSA) is 131 Å². The van der Waals surface area contributed by atoms with Gasteiger partial charge in [0.2, 0.25) is 5.95 Å². The van der Waals surface area contributed by atoms with Crippen LogP contribution in [0.4, 0.5) is 5.95 Å². The fraction of sp³-hybridized carbons (Fsp3) is 0.0952. The summed E-state index contributed by atoms with van der Waals surface area (Å²) in [4.78, 5) is 30.3. The molecule has 0 radical (unpaired) electrons. The summed E-state index contributed by atoms with van der Waals surface area (Å²) in [7, 11) is 0. The molecule has 0 spiro atoms. The first kappa shape index (κ1) is 19.5. The molecular formula is C21H17N5O3. The van der Waals surface area contributed by atoms with Crippen LogP contribution in [0.3, 0.4) is 0 Å². The molecule has 0 bridgehead atoms. The molecule has 8 heteroatoms. The van der Waals surface area contributed by atoms with Crippen molar-refractivity contribution >= 4 is 18.1 Å². The largest absolute Gasteiger partial charge is 0.478 e. The van der Waals surface area contributed by atoms with E-state index >= 15 is 0 Å². The van der Waals surface area contributed by atoms with Crippen molar-refractivity contribution in [3.8, 4) is 17.3 Å². The lowest BCUT2D eigenvalue weighted by atomic mass is 10.0. The van der Waals surface area contributed by atoms with E-state index in [1.54, 1.807) is 37.3 Å². The number of benzene rings is 2. The number of hydrazone groups is 1. The van der Waals surface area contributed by atoms with Crippen LogP contribution in [0.1, 0.15) is 32.6 Å². The van der Waals surface area contributed by atoms with Crippen LogP contribution in [0.2, 0.25) is 0 Å². The highest BCUT2D eigenvalue weighted by Gasteiger charge is 2.13. The zero-order valence-electron chi connectivity index (χ0n) is 15.7. The third-order valence-electron chi connectivity index (χ3n) is 4.30. The maximum absolute atomic E-state index is 12.2. The van der Waals surface area contributed by atoms with E-state index in [4.69, 9.17) is 0 Å². The average Bonchev–Trinajstić information content (AvgIpc) is 2.69. The second-order valence-corrected chi connectivity index (χ2v) is 6.31. The molecule has 29 heavy (non-hydrogen) atoms. The number of carbonyl (C=O) groups is 1. The van der Waals surface area contributed by atoms with Crippen molar-refractivity contribution in [1.82, 2.24) is 9.97 Å². The Labute approximate surface area is 166 Å². The van der Waals surface area contributed by atoms with Crippen molar-refractivity contribution in [2.24, 2.45) is 5.10 Å². The van der Waals surface area contributed by atoms with Gasteiger partial charge in [0, 0.05) is 5.56 Å². The lowest BCUT2D eigenvalue weighted by molar-refractivity contribution is 0.0696. The number of aromatic nitrogens is 2. The van der Waals surface area contributed by atoms with E-state index in [0.29, 0.717) is 16.7 Å². The quantitative estimate of drug-likeness (QED) is 0.455. The van der Waals surface area contributed by atoms with Crippen molar-refractivity contribution in [3.05, 3.63) is 80.6 Å². The van der Waals surface area contributed by atoms with Gasteiger partial charge in [0.25, 0.3) is 5.56 Å². The summed E-state index contributed by atoms with van der Waals surface area (Å²) in [6, 6.07) is 14.1. The Balaban J connectivity index is 1.93. The van der Waals surface area contributed by atoms with Gasteiger partial charge in [-0.15, -0.1) is 0 Å². The van der Waals surface area contributed by atoms with Gasteiger partial charge in [-0.3, -0.25) is 9.78 Å². The molecule has 3 N–H and O–H groups in total. The molecule has 0 aliphatic heterocycles. The highest BCUT2D eigenvalue weighted by atomic mass is 16.4. The maximum atomic E-state index is 12.2. The van der Waals surface area contributed by atoms with Crippen LogP contribution in [-0.4, -0.2) is 27.3 Å². The van der Waals surface area contributed by atoms with Gasteiger partial charge < -0.3 is 5.11 Å². The number of rotatable bonds is 5. The van der Waals surface area contributed by atoms with Crippen LogP contribution < -0.4 is 11.0 Å². The van der Waals surface area contributed by atoms with Crippen LogP contribution in [-0.2, 0) is 0 Å². The molecule has 2 aromatic carbocycles. The van der Waals surface area contributed by atoms with E-state index in [-0.39, 0.29) is 22.8 Å². The minimum Gasteiger partial charge on any atom is -0.478 e. The molecule has 0 saturated carbocycles. The summed E-state index contributed by atoms with van der Waals surface area (Å²) in [6.45, 7) is 3.57. The Kier molecular flexibility index (Phi) is 5.51. The Morgan fingerprint density at radius 1 is 1.24 bits per heavy atom. The van der Waals surface area contributed by atoms with Gasteiger partial charge in [-0.05, 0) is 36.6 Å². The van der Waals surface area contributed by atoms with E-state index in [1.807, 2.05) is 19.1 Å². The Morgan fingerprint density at radius 3 is 2.62 bits per heavy atom. The van der Waals surface area contributed by atoms with Gasteiger partial charge in [-0.2, -0.15) is 10.4 Å². The van der Waals surface area contributed by atoms with E-state index < -0.39 is 11.5 Å². The van der Waals surface area contributed by atoms with Crippen molar-refractivity contribution < 1.29 is 9.90 Å². The molecule has 3 rings (SSSR count). The predicted octanol–water partition coefficient (Wildman–Crippen LogP) is 3.07. The Bertz CT molecular complexity index is 1210. The summed E-state index contributed by atoms with van der Waals surface area (Å²) >= 11 is 0. The van der Waals surface area contributed by atoms with Gasteiger partial charge in [0.1, 0.15) is 11.6 Å². The number of nitriles is 1. The average molecular weight is 387 g/mol. The molecule has 3 aromatic rings. The number of aryl methyl sites for hydroxylation is 2. The Morgan fingerprint density at radius 2 is 1.97 bits per heavy atom. The number of nitrogens with one attached hydrogen (secondary N) is 2. The zero-order chi connectivity index (χ0) is 21.0. The number of carboxylic acid groups (broad SMARTS) is 1. The molecule has 0 atom stereocenters. The van der Waals surface area contributed by atoms with E-state index in [2.05, 4.69) is 20.5 Å². The summed E-state index contributed by atoms with van der Waals surface area (Å²) in [5.74, 6) is -0.956. The lowest BCUT2D eigenvalue weighted by Gasteiger charge is -2.07. The molecule has 0 aliphatic rings. The lowest BCUT2D eigenvalue weighted by Crippen LogP contribution is -2.16. The minimum absolute atomic E-state index is 0.0623. The molecule has 144 valence electrons. The first-order valence-electron chi connectivity index (χ1n) is 8.64. The highest BCUT2D eigenvalue weighted by molar-refractivity contribution is 5.93. The van der Waals surface area contributed by atoms with Crippen LogP contribution in [0.15, 0.2) is 52.4 Å². The smallest absolute Gasteiger partial charge is 0.335 e. The number of carboxylic acids is 1. The molecule has 0 fully saturated rings. The van der Waals surface area contributed by atoms with Gasteiger partial charge >= 0.3 is 5.97 Å². The second kappa shape index (κ2) is 8.19. The standard InChI is InChI=1S/C21H17N5O3/c1-12-8-13(2)16(20(28)29)9-15(12)11-23-26-21-24-18(14-6-4-3-5-7-14)17(10-22)19(27)25-21/h3-9,11H,1-2H3,(H,28,29)(H2,24,25,26,27). The molecule has 1 aromatic heterocycles. The number of aromatic carboxylic acids is 1. The third-order valence-corrected chi connectivity index (χ3v) is 4.30. The van der Waals surface area contributed by atoms with E-state index in [9.17, 15) is 20.0 Å². The van der Waals surface area contributed by atoms with E-state index in [0.717, 1.165) is 5.56 Å². The number of H-pyrrole nitrogens is 1. The first-order chi connectivity index (χ1) is 13.9. The number of aromatic amines is 1. The fourth-order valence-electron chi connectivity index (χ4n) is 2.84. The second-order valence-electron chi connectivity index (χ2n) is 6.31. The fourth-order valence-corrected chi connectivity index (χ4v) is 2.84. The third kappa shape index (κ3) is 4.20. The number of nitrogens with zero attached hydrogens (tertiary/aromatic N) is 3. The monoisotopic (exact) mass is 387 g/mol. The molecule has 8 nitrogen and oxygen atoms in total. The van der Waals surface area contributed by atoms with Crippen LogP contribution in [0.25, 0.3) is 11.3 Å². The molecule has 0 saturated heterocycles. The van der Waals surface area contributed by atoms with Gasteiger partial charge in [0.05, 0.1) is 17.5 Å². The molecule has 1 heterocycles. The summed E-state index contributed by atoms with van der Waals surface area (Å²) in [6.07, 6.45) is 1.45. The van der Waals surface area contributed by atoms with Gasteiger partial charge in [-0.25, -0.2) is 15.2 Å². The SMILES string of the molecule is Cc1cc(C)c(C(=O)O)cc1C=NNc1nc(-c2ccccc2)c(C#N)c(=O)[nH]1. The predicted molar refractivity (Wildman–Crippen MR) is 109 cm³/mol. The van der Waals surface area contributed by atoms with E-state index in [1.165, 1.54) is 12.3 Å². The van der Waals surface area contributed by atoms with Crippen molar-refractivity contribution in [3.63, 3.8) is 0 Å². The summed E-state index contributed by atoms with van der Waals surface area (Å²) < 4.78 is 0. The van der Waals surface area contributed by atoms with Gasteiger partial charge in [0.15, 0.2) is 0 Å². The summed E-state index contributed by atoms with van der Waals surface area (Å²) in [5, 5.41) is 22.6. The van der Waals surface area contributed by atoms with Gasteiger partial charge in [-0.1, -0.05) is 36.4 Å².